The van der Waals surface area contributed by atoms with Crippen LogP contribution in [0.2, 0.25) is 0 Å². The molecule has 0 aliphatic carbocycles. The zero-order valence-electron chi connectivity index (χ0n) is 6.76. The fourth-order valence-electron chi connectivity index (χ4n) is 1.12. The molecule has 2 aliphatic rings. The van der Waals surface area contributed by atoms with Crippen LogP contribution in [0, 0.1) is 0 Å². The van der Waals surface area contributed by atoms with E-state index >= 15 is 0 Å². The van der Waals surface area contributed by atoms with Crippen LogP contribution in [0.25, 0.3) is 0 Å². The second kappa shape index (κ2) is 2.65. The molecule has 0 N–H and O–H groups in total. The number of amides is 1. The minimum absolute atomic E-state index is 0.00426. The van der Waals surface area contributed by atoms with E-state index in [1.54, 1.807) is 0 Å². The van der Waals surface area contributed by atoms with E-state index in [2.05, 4.69) is 4.18 Å². The van der Waals surface area contributed by atoms with E-state index in [0.717, 1.165) is 6.26 Å². The third-order valence-electron chi connectivity index (χ3n) is 1.68. The predicted octanol–water partition coefficient (Wildman–Crippen LogP) is 0.0667. The van der Waals surface area contributed by atoms with Crippen LogP contribution in [0.4, 0.5) is 0 Å². The molecular weight excluding hydrogens is 214 g/mol. The molecule has 0 aromatic heterocycles. The molecule has 2 aliphatic heterocycles. The molecule has 0 spiro atoms. The molecule has 0 saturated carbocycles. The van der Waals surface area contributed by atoms with Gasteiger partial charge in [-0.15, -0.1) is 0 Å². The molecule has 2 rings (SSSR count). The minimum Gasteiger partial charge on any atom is -0.374 e. The maximum atomic E-state index is 10.9. The van der Waals surface area contributed by atoms with E-state index in [4.69, 9.17) is 0 Å². The molecule has 7 heteroatoms. The van der Waals surface area contributed by atoms with Crippen molar-refractivity contribution in [1.29, 1.82) is 0 Å². The normalized spacial score (nSPS) is 26.5. The molecule has 2 heterocycles. The minimum atomic E-state index is -3.47. The van der Waals surface area contributed by atoms with Crippen LogP contribution in [0.5, 0.6) is 0 Å². The zero-order valence-corrected chi connectivity index (χ0v) is 8.39. The third-order valence-corrected chi connectivity index (χ3v) is 3.35. The number of β-lactam (4-membered cyclic amide) rings is 1. The van der Waals surface area contributed by atoms with Crippen molar-refractivity contribution in [2.24, 2.45) is 0 Å². The van der Waals surface area contributed by atoms with Gasteiger partial charge in [-0.2, -0.15) is 8.42 Å². The van der Waals surface area contributed by atoms with E-state index < -0.39 is 10.1 Å². The predicted molar refractivity (Wildman–Crippen MR) is 46.9 cm³/mol. The number of nitrogens with zero attached hydrogens (tertiary/aromatic N) is 1. The lowest BCUT2D eigenvalue weighted by atomic mass is 10.2. The van der Waals surface area contributed by atoms with E-state index in [0.29, 0.717) is 6.42 Å². The Kier molecular flexibility index (Phi) is 1.81. The Labute approximate surface area is 79.9 Å². The average Bonchev–Trinajstić information content (AvgIpc) is 2.24. The SMILES string of the molecule is CS(=O)(=O)OC1=CN2C(=O)C[C@H]2S1. The van der Waals surface area contributed by atoms with Gasteiger partial charge in [0, 0.05) is 0 Å². The van der Waals surface area contributed by atoms with Crippen molar-refractivity contribution >= 4 is 27.8 Å². The summed E-state index contributed by atoms with van der Waals surface area (Å²) in [6.07, 6.45) is 2.87. The van der Waals surface area contributed by atoms with Crippen molar-refractivity contribution in [3.8, 4) is 0 Å². The van der Waals surface area contributed by atoms with Crippen molar-refractivity contribution in [2.45, 2.75) is 11.8 Å². The van der Waals surface area contributed by atoms with E-state index in [-0.39, 0.29) is 16.4 Å². The van der Waals surface area contributed by atoms with Crippen LogP contribution in [0.1, 0.15) is 6.42 Å². The van der Waals surface area contributed by atoms with Crippen LogP contribution in [0.15, 0.2) is 11.3 Å². The molecule has 1 amide bonds. The molecule has 1 fully saturated rings. The molecule has 0 aromatic rings. The van der Waals surface area contributed by atoms with Crippen molar-refractivity contribution in [2.75, 3.05) is 6.26 Å². The molecule has 0 unspecified atom stereocenters. The fourth-order valence-corrected chi connectivity index (χ4v) is 2.95. The van der Waals surface area contributed by atoms with Crippen molar-refractivity contribution in [3.05, 3.63) is 11.3 Å². The second-order valence-corrected chi connectivity index (χ2v) is 5.57. The lowest BCUT2D eigenvalue weighted by molar-refractivity contribution is -0.137. The maximum absolute atomic E-state index is 10.9. The summed E-state index contributed by atoms with van der Waals surface area (Å²) in [6.45, 7) is 0. The Morgan fingerprint density at radius 1 is 1.69 bits per heavy atom. The summed E-state index contributed by atoms with van der Waals surface area (Å²) < 4.78 is 26.1. The Morgan fingerprint density at radius 3 is 2.85 bits per heavy atom. The number of hydrogen-bond donors (Lipinski definition) is 0. The summed E-state index contributed by atoms with van der Waals surface area (Å²) >= 11 is 1.26. The van der Waals surface area contributed by atoms with Gasteiger partial charge in [0.15, 0.2) is 5.09 Å². The van der Waals surface area contributed by atoms with Crippen LogP contribution in [0.3, 0.4) is 0 Å². The van der Waals surface area contributed by atoms with Gasteiger partial charge in [0.05, 0.1) is 24.3 Å². The Hall–Kier alpha value is -0.690. The van der Waals surface area contributed by atoms with Crippen molar-refractivity contribution < 1.29 is 17.4 Å². The first-order valence-corrected chi connectivity index (χ1v) is 6.24. The topological polar surface area (TPSA) is 63.7 Å². The van der Waals surface area contributed by atoms with Crippen LogP contribution in [-0.4, -0.2) is 30.9 Å². The Bertz CT molecular complexity index is 385. The molecular formula is C6H7NO4S2. The number of thioether (sulfide) groups is 1. The highest BCUT2D eigenvalue weighted by molar-refractivity contribution is 8.04. The average molecular weight is 221 g/mol. The number of carbonyl (C=O) groups excluding carboxylic acids is 1. The summed E-state index contributed by atoms with van der Waals surface area (Å²) in [5, 5.41) is 0.322. The molecule has 5 nitrogen and oxygen atoms in total. The highest BCUT2D eigenvalue weighted by atomic mass is 32.2. The molecule has 13 heavy (non-hydrogen) atoms. The number of carbonyl (C=O) groups is 1. The highest BCUT2D eigenvalue weighted by Gasteiger charge is 2.42. The van der Waals surface area contributed by atoms with Crippen LogP contribution >= 0.6 is 11.8 Å². The Morgan fingerprint density at radius 2 is 2.38 bits per heavy atom. The van der Waals surface area contributed by atoms with Gasteiger partial charge in [-0.3, -0.25) is 4.79 Å². The first-order valence-electron chi connectivity index (χ1n) is 3.55. The van der Waals surface area contributed by atoms with E-state index in [9.17, 15) is 13.2 Å². The molecule has 1 atom stereocenters. The van der Waals surface area contributed by atoms with Gasteiger partial charge in [0.1, 0.15) is 0 Å². The third kappa shape index (κ3) is 1.66. The van der Waals surface area contributed by atoms with Gasteiger partial charge in [0.2, 0.25) is 5.91 Å². The van der Waals surface area contributed by atoms with Gasteiger partial charge in [0.25, 0.3) is 0 Å². The first-order chi connectivity index (χ1) is 5.96. The summed E-state index contributed by atoms with van der Waals surface area (Å²) in [6, 6.07) is 0. The smallest absolute Gasteiger partial charge is 0.306 e. The van der Waals surface area contributed by atoms with Gasteiger partial charge in [-0.25, -0.2) is 0 Å². The van der Waals surface area contributed by atoms with Crippen LogP contribution < -0.4 is 0 Å². The molecule has 1 saturated heterocycles. The zero-order chi connectivity index (χ0) is 9.64. The van der Waals surface area contributed by atoms with E-state index in [1.165, 1.54) is 22.9 Å². The highest BCUT2D eigenvalue weighted by Crippen LogP contribution is 2.42. The monoisotopic (exact) mass is 221 g/mol. The summed E-state index contributed by atoms with van der Waals surface area (Å²) in [7, 11) is -3.47. The lowest BCUT2D eigenvalue weighted by Gasteiger charge is -2.31. The van der Waals surface area contributed by atoms with Gasteiger partial charge in [-0.05, 0) is 0 Å². The van der Waals surface area contributed by atoms with Crippen molar-refractivity contribution in [1.82, 2.24) is 4.90 Å². The van der Waals surface area contributed by atoms with Crippen LogP contribution in [-0.2, 0) is 19.1 Å². The molecule has 0 radical (unpaired) electrons. The molecule has 72 valence electrons. The largest absolute Gasteiger partial charge is 0.374 e. The number of fused-ring (bicyclic) bond motifs is 1. The Balaban J connectivity index is 2.08. The maximum Gasteiger partial charge on any atom is 0.306 e. The molecule has 0 bridgehead atoms. The molecule has 0 aromatic carbocycles. The van der Waals surface area contributed by atoms with Gasteiger partial charge >= 0.3 is 10.1 Å². The number of hydrogen-bond acceptors (Lipinski definition) is 5. The van der Waals surface area contributed by atoms with Gasteiger partial charge < -0.3 is 9.08 Å². The second-order valence-electron chi connectivity index (χ2n) is 2.81. The standard InChI is InChI=1S/C6H7NO4S2/c1-13(9,10)11-6-3-7-4(8)2-5(7)12-6/h3,5H,2H2,1H3/t5-/m1/s1. The van der Waals surface area contributed by atoms with E-state index in [1.807, 2.05) is 0 Å². The van der Waals surface area contributed by atoms with Gasteiger partial charge in [-0.1, -0.05) is 11.8 Å². The number of rotatable bonds is 2. The summed E-state index contributed by atoms with van der Waals surface area (Å²) in [5.74, 6) is 0.00426. The summed E-state index contributed by atoms with van der Waals surface area (Å²) in [4.78, 5) is 12.4. The lowest BCUT2D eigenvalue weighted by Crippen LogP contribution is -2.44. The summed E-state index contributed by atoms with van der Waals surface area (Å²) in [5.41, 5.74) is 0. The quantitative estimate of drug-likeness (QED) is 0.487. The first kappa shape index (κ1) is 8.89. The van der Waals surface area contributed by atoms with Crippen molar-refractivity contribution in [3.63, 3.8) is 0 Å². The fraction of sp³-hybridized carbons (Fsp3) is 0.500.